The fourth-order valence-corrected chi connectivity index (χ4v) is 3.91. The highest BCUT2D eigenvalue weighted by Crippen LogP contribution is 2.42. The van der Waals surface area contributed by atoms with Crippen molar-refractivity contribution in [2.75, 3.05) is 6.26 Å². The van der Waals surface area contributed by atoms with Crippen molar-refractivity contribution in [2.24, 2.45) is 0 Å². The number of halogens is 1. The van der Waals surface area contributed by atoms with Gasteiger partial charge in [0.15, 0.2) is 9.84 Å². The topological polar surface area (TPSA) is 100 Å². The maximum atomic E-state index is 12.6. The Balaban J connectivity index is 2.34. The minimum absolute atomic E-state index is 0.00431. The second kappa shape index (κ2) is 6.60. The number of aromatic hydroxyl groups is 1. The molecule has 0 aliphatic rings. The number of fused-ring (bicyclic) bond motifs is 1. The molecule has 2 aromatic carbocycles. The predicted octanol–water partition coefficient (Wildman–Crippen LogP) is 3.96. The van der Waals surface area contributed by atoms with E-state index in [1.807, 2.05) is 20.8 Å². The van der Waals surface area contributed by atoms with Crippen LogP contribution in [0.3, 0.4) is 0 Å². The first-order valence-electron chi connectivity index (χ1n) is 8.58. The zero-order chi connectivity index (χ0) is 21.0. The Hall–Kier alpha value is -2.38. The van der Waals surface area contributed by atoms with Crippen molar-refractivity contribution in [2.45, 2.75) is 38.0 Å². The summed E-state index contributed by atoms with van der Waals surface area (Å²) in [6.45, 7) is 7.57. The summed E-state index contributed by atoms with van der Waals surface area (Å²) in [7, 11) is -3.45. The highest BCUT2D eigenvalue weighted by atomic mass is 35.5. The third-order valence-corrected chi connectivity index (χ3v) is 6.15. The number of sulfone groups is 1. The Bertz CT molecular complexity index is 1270. The molecule has 0 unspecified atom stereocenters. The first kappa shape index (κ1) is 20.4. The summed E-state index contributed by atoms with van der Waals surface area (Å²) in [4.78, 5) is 19.8. The van der Waals surface area contributed by atoms with Gasteiger partial charge in [-0.05, 0) is 42.2 Å². The number of aromatic amines is 1. The predicted molar refractivity (Wildman–Crippen MR) is 111 cm³/mol. The summed E-state index contributed by atoms with van der Waals surface area (Å²) in [6.07, 6.45) is 1.07. The van der Waals surface area contributed by atoms with Gasteiger partial charge in [0.25, 0.3) is 5.56 Å². The summed E-state index contributed by atoms with van der Waals surface area (Å²) in [5, 5.41) is 11.5. The summed E-state index contributed by atoms with van der Waals surface area (Å²) >= 11 is 6.38. The third kappa shape index (κ3) is 3.52. The zero-order valence-corrected chi connectivity index (χ0v) is 17.8. The van der Waals surface area contributed by atoms with E-state index in [9.17, 15) is 18.3 Å². The molecule has 3 rings (SSSR count). The van der Waals surface area contributed by atoms with E-state index in [1.54, 1.807) is 13.0 Å². The van der Waals surface area contributed by atoms with Crippen LogP contribution in [0.2, 0.25) is 5.02 Å². The van der Waals surface area contributed by atoms with Crippen molar-refractivity contribution in [3.05, 3.63) is 50.8 Å². The van der Waals surface area contributed by atoms with Crippen LogP contribution >= 0.6 is 11.6 Å². The minimum Gasteiger partial charge on any atom is -0.507 e. The van der Waals surface area contributed by atoms with E-state index in [4.69, 9.17) is 11.6 Å². The number of aromatic nitrogens is 2. The fourth-order valence-electron chi connectivity index (χ4n) is 3.06. The van der Waals surface area contributed by atoms with Gasteiger partial charge in [0.1, 0.15) is 11.6 Å². The number of benzene rings is 2. The van der Waals surface area contributed by atoms with E-state index in [0.29, 0.717) is 27.2 Å². The molecule has 0 spiro atoms. The molecule has 0 atom stereocenters. The molecule has 6 nitrogen and oxygen atoms in total. The lowest BCUT2D eigenvalue weighted by Crippen LogP contribution is -2.14. The van der Waals surface area contributed by atoms with Gasteiger partial charge in [-0.2, -0.15) is 0 Å². The van der Waals surface area contributed by atoms with Gasteiger partial charge in [-0.1, -0.05) is 32.4 Å². The van der Waals surface area contributed by atoms with Crippen molar-refractivity contribution >= 4 is 32.3 Å². The van der Waals surface area contributed by atoms with Gasteiger partial charge in [-0.15, -0.1) is 0 Å². The van der Waals surface area contributed by atoms with Crippen molar-refractivity contribution < 1.29 is 13.5 Å². The van der Waals surface area contributed by atoms with Crippen molar-refractivity contribution in [3.63, 3.8) is 0 Å². The summed E-state index contributed by atoms with van der Waals surface area (Å²) < 4.78 is 23.5. The van der Waals surface area contributed by atoms with E-state index in [0.717, 1.165) is 6.26 Å². The molecule has 0 aliphatic heterocycles. The van der Waals surface area contributed by atoms with E-state index in [1.165, 1.54) is 18.2 Å². The zero-order valence-electron chi connectivity index (χ0n) is 16.2. The molecule has 28 heavy (non-hydrogen) atoms. The normalized spacial score (nSPS) is 12.5. The number of rotatable bonds is 2. The van der Waals surface area contributed by atoms with Crippen LogP contribution in [-0.4, -0.2) is 29.7 Å². The molecule has 148 valence electrons. The Morgan fingerprint density at radius 3 is 2.39 bits per heavy atom. The van der Waals surface area contributed by atoms with Crippen LogP contribution in [0.15, 0.2) is 34.0 Å². The van der Waals surface area contributed by atoms with Crippen LogP contribution in [0.4, 0.5) is 0 Å². The minimum atomic E-state index is -3.45. The molecule has 2 N–H and O–H groups in total. The number of phenolic OH excluding ortho intramolecular Hbond substituents is 1. The molecule has 0 fully saturated rings. The molecule has 8 heteroatoms. The first-order chi connectivity index (χ1) is 12.8. The van der Waals surface area contributed by atoms with Gasteiger partial charge in [0.05, 0.1) is 21.4 Å². The summed E-state index contributed by atoms with van der Waals surface area (Å²) in [5.41, 5.74) is 1.01. The average molecular weight is 421 g/mol. The molecule has 1 heterocycles. The van der Waals surface area contributed by atoms with Gasteiger partial charge in [-0.25, -0.2) is 13.4 Å². The molecule has 0 aliphatic carbocycles. The Morgan fingerprint density at radius 2 is 1.82 bits per heavy atom. The molecule has 1 aromatic heterocycles. The number of H-pyrrole nitrogens is 1. The van der Waals surface area contributed by atoms with Gasteiger partial charge in [-0.3, -0.25) is 4.79 Å². The fraction of sp³-hybridized carbons (Fsp3) is 0.300. The van der Waals surface area contributed by atoms with E-state index >= 15 is 0 Å². The molecular weight excluding hydrogens is 400 g/mol. The lowest BCUT2D eigenvalue weighted by molar-refractivity contribution is 0.448. The SMILES string of the molecule is Cc1c(Cl)cc(C(C)(C)C)c(O)c1-c1nc2ccc(S(C)(=O)=O)cc2c(=O)[nH]1. The highest BCUT2D eigenvalue weighted by molar-refractivity contribution is 7.90. The number of nitrogens with zero attached hydrogens (tertiary/aromatic N) is 1. The van der Waals surface area contributed by atoms with Gasteiger partial charge >= 0.3 is 0 Å². The van der Waals surface area contributed by atoms with Gasteiger partial charge in [0, 0.05) is 16.8 Å². The lowest BCUT2D eigenvalue weighted by atomic mass is 9.84. The number of hydrogen-bond donors (Lipinski definition) is 2. The highest BCUT2D eigenvalue weighted by Gasteiger charge is 2.25. The monoisotopic (exact) mass is 420 g/mol. The van der Waals surface area contributed by atoms with Crippen LogP contribution < -0.4 is 5.56 Å². The summed E-state index contributed by atoms with van der Waals surface area (Å²) in [6, 6.07) is 5.89. The largest absolute Gasteiger partial charge is 0.507 e. The van der Waals surface area contributed by atoms with Crippen LogP contribution in [-0.2, 0) is 15.3 Å². The maximum Gasteiger partial charge on any atom is 0.259 e. The number of hydrogen-bond acceptors (Lipinski definition) is 5. The standard InChI is InChI=1S/C20H21ClN2O4S/c1-10-14(21)9-13(20(2,3)4)17(24)16(10)18-22-15-7-6-11(28(5,26)27)8-12(15)19(25)23-18/h6-9,24H,1-5H3,(H,22,23,25). The Labute approximate surface area is 168 Å². The maximum absolute atomic E-state index is 12.6. The second-order valence-electron chi connectivity index (χ2n) is 7.87. The molecule has 0 radical (unpaired) electrons. The molecule has 0 saturated heterocycles. The van der Waals surface area contributed by atoms with Gasteiger partial charge < -0.3 is 10.1 Å². The van der Waals surface area contributed by atoms with E-state index < -0.39 is 15.4 Å². The van der Waals surface area contributed by atoms with Crippen LogP contribution in [0, 0.1) is 6.92 Å². The summed E-state index contributed by atoms with van der Waals surface area (Å²) in [5.74, 6) is 0.178. The molecule has 0 saturated carbocycles. The lowest BCUT2D eigenvalue weighted by Gasteiger charge is -2.23. The van der Waals surface area contributed by atoms with Crippen LogP contribution in [0.25, 0.3) is 22.3 Å². The van der Waals surface area contributed by atoms with Crippen molar-refractivity contribution in [3.8, 4) is 17.1 Å². The number of nitrogens with one attached hydrogen (secondary N) is 1. The van der Waals surface area contributed by atoms with Crippen LogP contribution in [0.5, 0.6) is 5.75 Å². The van der Waals surface area contributed by atoms with Crippen LogP contribution in [0.1, 0.15) is 31.9 Å². The molecular formula is C20H21ClN2O4S. The molecule has 3 aromatic rings. The molecule has 0 amide bonds. The third-order valence-electron chi connectivity index (χ3n) is 4.65. The van der Waals surface area contributed by atoms with Crippen molar-refractivity contribution in [1.82, 2.24) is 9.97 Å². The second-order valence-corrected chi connectivity index (χ2v) is 10.3. The Morgan fingerprint density at radius 1 is 1.18 bits per heavy atom. The number of phenols is 1. The van der Waals surface area contributed by atoms with Gasteiger partial charge in [0.2, 0.25) is 0 Å². The Kier molecular flexibility index (Phi) is 4.80. The average Bonchev–Trinajstić information content (AvgIpc) is 2.56. The van der Waals surface area contributed by atoms with Crippen molar-refractivity contribution in [1.29, 1.82) is 0 Å². The smallest absolute Gasteiger partial charge is 0.259 e. The quantitative estimate of drug-likeness (QED) is 0.653. The molecule has 0 bridgehead atoms. The van der Waals surface area contributed by atoms with E-state index in [2.05, 4.69) is 9.97 Å². The first-order valence-corrected chi connectivity index (χ1v) is 10.8. The van der Waals surface area contributed by atoms with E-state index in [-0.39, 0.29) is 27.3 Å².